The van der Waals surface area contributed by atoms with Gasteiger partial charge in [0.15, 0.2) is 0 Å². The van der Waals surface area contributed by atoms with Crippen LogP contribution in [0, 0.1) is 5.92 Å². The molecule has 0 aromatic heterocycles. The fourth-order valence-corrected chi connectivity index (χ4v) is 3.94. The Morgan fingerprint density at radius 3 is 2.57 bits per heavy atom. The molecule has 0 radical (unpaired) electrons. The molecule has 0 amide bonds. The van der Waals surface area contributed by atoms with Gasteiger partial charge < -0.3 is 0 Å². The van der Waals surface area contributed by atoms with Gasteiger partial charge in [-0.25, -0.2) is 0 Å². The molecule has 1 saturated carbocycles. The van der Waals surface area contributed by atoms with E-state index in [1.54, 1.807) is 6.07 Å². The maximum absolute atomic E-state index is 13.9. The van der Waals surface area contributed by atoms with Gasteiger partial charge in [-0.3, -0.25) is 4.79 Å². The Bertz CT molecular complexity index is 610. The molecule has 1 aromatic carbocycles. The SMILES string of the molecule is CCCCC1CCC(c2ccc3c(c2)C=CC(=O)C3(F)F)CC1. The van der Waals surface area contributed by atoms with Gasteiger partial charge in [-0.15, -0.1) is 0 Å². The Morgan fingerprint density at radius 2 is 1.87 bits per heavy atom. The van der Waals surface area contributed by atoms with Crippen LogP contribution in [0.15, 0.2) is 24.3 Å². The van der Waals surface area contributed by atoms with Crippen molar-refractivity contribution in [3.8, 4) is 0 Å². The molecule has 2 aliphatic rings. The third kappa shape index (κ3) is 3.24. The largest absolute Gasteiger partial charge is 0.334 e. The van der Waals surface area contributed by atoms with E-state index >= 15 is 0 Å². The molecule has 0 bridgehead atoms. The van der Waals surface area contributed by atoms with E-state index in [0.29, 0.717) is 11.5 Å². The minimum Gasteiger partial charge on any atom is -0.288 e. The Kier molecular flexibility index (Phi) is 4.65. The number of fused-ring (bicyclic) bond motifs is 1. The third-order valence-corrected chi connectivity index (χ3v) is 5.42. The Hall–Kier alpha value is -1.51. The van der Waals surface area contributed by atoms with Crippen molar-refractivity contribution in [3.63, 3.8) is 0 Å². The van der Waals surface area contributed by atoms with Crippen LogP contribution in [0.25, 0.3) is 6.08 Å². The molecule has 0 atom stereocenters. The van der Waals surface area contributed by atoms with Crippen molar-refractivity contribution in [2.24, 2.45) is 5.92 Å². The second-order valence-corrected chi connectivity index (χ2v) is 6.98. The Balaban J connectivity index is 1.72. The fraction of sp³-hybridized carbons (Fsp3) is 0.550. The molecule has 3 rings (SSSR count). The normalized spacial score (nSPS) is 26.1. The number of hydrogen-bond acceptors (Lipinski definition) is 1. The Morgan fingerprint density at radius 1 is 1.13 bits per heavy atom. The minimum absolute atomic E-state index is 0.148. The number of benzene rings is 1. The fourth-order valence-electron chi connectivity index (χ4n) is 3.94. The molecule has 2 aliphatic carbocycles. The summed E-state index contributed by atoms with van der Waals surface area (Å²) in [6, 6.07) is 5.12. The molecule has 0 heterocycles. The molecule has 1 nitrogen and oxygen atoms in total. The average Bonchev–Trinajstić information content (AvgIpc) is 2.57. The zero-order chi connectivity index (χ0) is 16.4. The molecule has 0 spiro atoms. The molecule has 0 N–H and O–H groups in total. The lowest BCUT2D eigenvalue weighted by Crippen LogP contribution is -2.27. The van der Waals surface area contributed by atoms with E-state index in [9.17, 15) is 13.6 Å². The highest BCUT2D eigenvalue weighted by atomic mass is 19.3. The van der Waals surface area contributed by atoms with E-state index in [1.807, 2.05) is 6.07 Å². The first-order valence-electron chi connectivity index (χ1n) is 8.77. The zero-order valence-corrected chi connectivity index (χ0v) is 13.7. The van der Waals surface area contributed by atoms with Gasteiger partial charge in [-0.2, -0.15) is 8.78 Å². The summed E-state index contributed by atoms with van der Waals surface area (Å²) in [4.78, 5) is 11.4. The lowest BCUT2D eigenvalue weighted by molar-refractivity contribution is -0.139. The van der Waals surface area contributed by atoms with Gasteiger partial charge >= 0.3 is 5.92 Å². The van der Waals surface area contributed by atoms with E-state index in [-0.39, 0.29) is 5.56 Å². The highest BCUT2D eigenvalue weighted by Crippen LogP contribution is 2.41. The number of rotatable bonds is 4. The van der Waals surface area contributed by atoms with Gasteiger partial charge in [0.05, 0.1) is 0 Å². The number of ketones is 1. The van der Waals surface area contributed by atoms with E-state index < -0.39 is 11.7 Å². The number of hydrogen-bond donors (Lipinski definition) is 0. The first-order chi connectivity index (χ1) is 11.0. The summed E-state index contributed by atoms with van der Waals surface area (Å²) < 4.78 is 27.9. The van der Waals surface area contributed by atoms with E-state index in [2.05, 4.69) is 6.92 Å². The van der Waals surface area contributed by atoms with Gasteiger partial charge in [0, 0.05) is 5.56 Å². The molecular formula is C20H24F2O. The molecular weight excluding hydrogens is 294 g/mol. The summed E-state index contributed by atoms with van der Waals surface area (Å²) in [5.74, 6) is -3.18. The van der Waals surface area contributed by atoms with Crippen molar-refractivity contribution in [3.05, 3.63) is 41.0 Å². The van der Waals surface area contributed by atoms with Gasteiger partial charge in [0.25, 0.3) is 0 Å². The van der Waals surface area contributed by atoms with Crippen LogP contribution < -0.4 is 0 Å². The standard InChI is InChI=1S/C20H24F2O/c1-2-3-4-14-5-7-15(8-6-14)16-9-11-18-17(13-16)10-12-19(23)20(18,21)22/h9-15H,2-8H2,1H3. The molecule has 1 fully saturated rings. The second kappa shape index (κ2) is 6.54. The predicted octanol–water partition coefficient (Wildman–Crippen LogP) is 5.84. The molecule has 124 valence electrons. The summed E-state index contributed by atoms with van der Waals surface area (Å²) >= 11 is 0. The predicted molar refractivity (Wildman–Crippen MR) is 88.6 cm³/mol. The first-order valence-corrected chi connectivity index (χ1v) is 8.77. The van der Waals surface area contributed by atoms with Crippen LogP contribution in [-0.4, -0.2) is 5.78 Å². The summed E-state index contributed by atoms with van der Waals surface area (Å²) in [5, 5.41) is 0. The number of unbranched alkanes of at least 4 members (excludes halogenated alkanes) is 1. The van der Waals surface area contributed by atoms with Gasteiger partial charge in [0.1, 0.15) is 0 Å². The van der Waals surface area contributed by atoms with Gasteiger partial charge in [0.2, 0.25) is 5.78 Å². The molecule has 1 aromatic rings. The van der Waals surface area contributed by atoms with Crippen LogP contribution >= 0.6 is 0 Å². The smallest absolute Gasteiger partial charge is 0.288 e. The number of carbonyl (C=O) groups excluding carboxylic acids is 1. The number of halogens is 2. The maximum Gasteiger partial charge on any atom is 0.334 e. The Labute approximate surface area is 136 Å². The van der Waals surface area contributed by atoms with Crippen molar-refractivity contribution in [2.45, 2.75) is 63.7 Å². The molecule has 3 heteroatoms. The topological polar surface area (TPSA) is 17.1 Å². The molecule has 0 aliphatic heterocycles. The van der Waals surface area contributed by atoms with Crippen molar-refractivity contribution in [1.29, 1.82) is 0 Å². The summed E-state index contributed by atoms with van der Waals surface area (Å²) in [6.07, 6.45) is 11.2. The summed E-state index contributed by atoms with van der Waals surface area (Å²) in [5.41, 5.74) is 1.50. The first kappa shape index (κ1) is 16.4. The van der Waals surface area contributed by atoms with E-state index in [0.717, 1.165) is 30.4 Å². The molecule has 0 saturated heterocycles. The average molecular weight is 318 g/mol. The summed E-state index contributed by atoms with van der Waals surface area (Å²) in [6.45, 7) is 2.23. The number of alkyl halides is 2. The maximum atomic E-state index is 13.9. The quantitative estimate of drug-likeness (QED) is 0.681. The van der Waals surface area contributed by atoms with Crippen LogP contribution in [0.1, 0.15) is 74.5 Å². The molecule has 23 heavy (non-hydrogen) atoms. The van der Waals surface area contributed by atoms with Crippen LogP contribution in [-0.2, 0) is 10.7 Å². The lowest BCUT2D eigenvalue weighted by Gasteiger charge is -2.30. The zero-order valence-electron chi connectivity index (χ0n) is 13.7. The van der Waals surface area contributed by atoms with Crippen LogP contribution in [0.4, 0.5) is 8.78 Å². The molecule has 0 unspecified atom stereocenters. The summed E-state index contributed by atoms with van der Waals surface area (Å²) in [7, 11) is 0. The van der Waals surface area contributed by atoms with E-state index in [4.69, 9.17) is 0 Å². The van der Waals surface area contributed by atoms with Crippen molar-refractivity contribution in [2.75, 3.05) is 0 Å². The van der Waals surface area contributed by atoms with Crippen molar-refractivity contribution < 1.29 is 13.6 Å². The number of allylic oxidation sites excluding steroid dienone is 1. The van der Waals surface area contributed by atoms with E-state index in [1.165, 1.54) is 44.2 Å². The van der Waals surface area contributed by atoms with Crippen LogP contribution in [0.3, 0.4) is 0 Å². The minimum atomic E-state index is -3.37. The van der Waals surface area contributed by atoms with Crippen molar-refractivity contribution >= 4 is 11.9 Å². The lowest BCUT2D eigenvalue weighted by atomic mass is 9.76. The number of carbonyl (C=O) groups is 1. The van der Waals surface area contributed by atoms with Crippen molar-refractivity contribution in [1.82, 2.24) is 0 Å². The van der Waals surface area contributed by atoms with Gasteiger partial charge in [-0.1, -0.05) is 50.5 Å². The third-order valence-electron chi connectivity index (χ3n) is 5.42. The van der Waals surface area contributed by atoms with Crippen LogP contribution in [0.2, 0.25) is 0 Å². The van der Waals surface area contributed by atoms with Crippen LogP contribution in [0.5, 0.6) is 0 Å². The monoisotopic (exact) mass is 318 g/mol. The van der Waals surface area contributed by atoms with Gasteiger partial charge in [-0.05, 0) is 54.7 Å². The highest BCUT2D eigenvalue weighted by molar-refractivity contribution is 6.02. The highest BCUT2D eigenvalue weighted by Gasteiger charge is 2.42. The second-order valence-electron chi connectivity index (χ2n) is 6.98.